The number of hydrogen-bond donors (Lipinski definition) is 3. The highest BCUT2D eigenvalue weighted by atomic mass is 35.5. The number of nitrogens with one attached hydrogen (secondary N) is 1. The van der Waals surface area contributed by atoms with Gasteiger partial charge in [-0.25, -0.2) is 0 Å². The summed E-state index contributed by atoms with van der Waals surface area (Å²) in [5.41, 5.74) is -0.864. The van der Waals surface area contributed by atoms with Crippen molar-refractivity contribution in [2.45, 2.75) is 32.4 Å². The maximum Gasteiger partial charge on any atom is 0.268 e. The number of carbonyl (C=O) groups is 1. The highest BCUT2D eigenvalue weighted by Crippen LogP contribution is 2.15. The van der Waals surface area contributed by atoms with Crippen molar-refractivity contribution in [3.05, 3.63) is 23.0 Å². The first kappa shape index (κ1) is 15.0. The van der Waals surface area contributed by atoms with Crippen molar-refractivity contribution in [1.82, 2.24) is 9.88 Å². The van der Waals surface area contributed by atoms with E-state index in [1.807, 2.05) is 6.92 Å². The Balaban J connectivity index is 2.72. The molecule has 1 aromatic heterocycles. The van der Waals surface area contributed by atoms with Crippen LogP contribution in [-0.4, -0.2) is 39.4 Å². The highest BCUT2D eigenvalue weighted by molar-refractivity contribution is 6.31. The van der Waals surface area contributed by atoms with Crippen LogP contribution in [0.4, 0.5) is 0 Å². The number of aliphatic hydroxyl groups excluding tert-OH is 1. The summed E-state index contributed by atoms with van der Waals surface area (Å²) in [6, 6.07) is 1.58. The van der Waals surface area contributed by atoms with Crippen molar-refractivity contribution < 1.29 is 15.0 Å². The minimum atomic E-state index is -1.32. The molecule has 0 spiro atoms. The minimum absolute atomic E-state index is 0.0166. The van der Waals surface area contributed by atoms with Gasteiger partial charge >= 0.3 is 0 Å². The van der Waals surface area contributed by atoms with E-state index in [0.29, 0.717) is 17.3 Å². The Kier molecular flexibility index (Phi) is 5.19. The van der Waals surface area contributed by atoms with Crippen LogP contribution < -0.4 is 5.32 Å². The number of carbonyl (C=O) groups excluding carboxylic acids is 1. The first-order valence-corrected chi connectivity index (χ1v) is 6.24. The molecular weight excluding hydrogens is 256 g/mol. The molecule has 1 atom stereocenters. The molecule has 3 N–H and O–H groups in total. The van der Waals surface area contributed by atoms with Gasteiger partial charge in [0.25, 0.3) is 5.91 Å². The van der Waals surface area contributed by atoms with Crippen molar-refractivity contribution in [3.8, 4) is 0 Å². The molecule has 0 aliphatic carbocycles. The van der Waals surface area contributed by atoms with E-state index in [2.05, 4.69) is 5.32 Å². The fourth-order valence-corrected chi connectivity index (χ4v) is 1.73. The molecule has 1 aromatic rings. The molecule has 1 amide bonds. The summed E-state index contributed by atoms with van der Waals surface area (Å²) in [5, 5.41) is 21.6. The van der Waals surface area contributed by atoms with Crippen LogP contribution in [-0.2, 0) is 6.54 Å². The Morgan fingerprint density at radius 1 is 1.61 bits per heavy atom. The van der Waals surface area contributed by atoms with Crippen LogP contribution in [0, 0.1) is 0 Å². The van der Waals surface area contributed by atoms with E-state index < -0.39 is 12.2 Å². The van der Waals surface area contributed by atoms with E-state index in [9.17, 15) is 9.90 Å². The quantitative estimate of drug-likeness (QED) is 0.725. The topological polar surface area (TPSA) is 74.5 Å². The molecule has 1 rings (SSSR count). The van der Waals surface area contributed by atoms with Crippen molar-refractivity contribution in [2.24, 2.45) is 0 Å². The number of amides is 1. The summed E-state index contributed by atoms with van der Waals surface area (Å²) in [5.74, 6) is -0.316. The third kappa shape index (κ3) is 4.01. The molecule has 1 unspecified atom stereocenters. The maximum absolute atomic E-state index is 11.9. The second-order valence-electron chi connectivity index (χ2n) is 4.57. The zero-order valence-electron chi connectivity index (χ0n) is 10.6. The average molecular weight is 275 g/mol. The number of hydrogen-bond acceptors (Lipinski definition) is 3. The van der Waals surface area contributed by atoms with Gasteiger partial charge in [-0.2, -0.15) is 0 Å². The summed E-state index contributed by atoms with van der Waals surface area (Å²) >= 11 is 5.87. The van der Waals surface area contributed by atoms with Crippen LogP contribution in [0.25, 0.3) is 0 Å². The zero-order valence-corrected chi connectivity index (χ0v) is 11.4. The van der Waals surface area contributed by atoms with E-state index >= 15 is 0 Å². The summed E-state index contributed by atoms with van der Waals surface area (Å²) in [6.45, 7) is 3.73. The van der Waals surface area contributed by atoms with E-state index in [4.69, 9.17) is 16.7 Å². The van der Waals surface area contributed by atoms with Gasteiger partial charge in [-0.05, 0) is 19.4 Å². The van der Waals surface area contributed by atoms with E-state index in [-0.39, 0.29) is 12.5 Å². The monoisotopic (exact) mass is 274 g/mol. The molecule has 0 fully saturated rings. The second-order valence-corrected chi connectivity index (χ2v) is 5.01. The van der Waals surface area contributed by atoms with Gasteiger partial charge in [0, 0.05) is 19.3 Å². The lowest BCUT2D eigenvalue weighted by Gasteiger charge is -2.20. The first-order valence-electron chi connectivity index (χ1n) is 5.86. The van der Waals surface area contributed by atoms with Crippen LogP contribution in [0.1, 0.15) is 30.8 Å². The molecule has 5 nitrogen and oxygen atoms in total. The van der Waals surface area contributed by atoms with Gasteiger partial charge in [-0.3, -0.25) is 4.79 Å². The van der Waals surface area contributed by atoms with Crippen molar-refractivity contribution in [2.75, 3.05) is 13.2 Å². The number of aryl methyl sites for hydroxylation is 1. The normalized spacial score (nSPS) is 14.3. The van der Waals surface area contributed by atoms with Gasteiger partial charge in [0.1, 0.15) is 11.3 Å². The number of aliphatic hydroxyl groups is 2. The molecular formula is C12H19ClN2O3. The Bertz CT molecular complexity index is 415. The van der Waals surface area contributed by atoms with Gasteiger partial charge in [-0.1, -0.05) is 18.5 Å². The fourth-order valence-electron chi connectivity index (χ4n) is 1.51. The van der Waals surface area contributed by atoms with Crippen LogP contribution in [0.3, 0.4) is 0 Å². The number of rotatable bonds is 6. The lowest BCUT2D eigenvalue weighted by Crippen LogP contribution is -2.43. The minimum Gasteiger partial charge on any atom is -0.393 e. The first-order chi connectivity index (χ1) is 8.39. The molecule has 0 saturated heterocycles. The van der Waals surface area contributed by atoms with Crippen LogP contribution in [0.5, 0.6) is 0 Å². The molecule has 0 aliphatic heterocycles. The number of nitrogens with zero attached hydrogens (tertiary/aromatic N) is 1. The molecule has 0 radical (unpaired) electrons. The molecule has 0 bridgehead atoms. The van der Waals surface area contributed by atoms with E-state index in [1.165, 1.54) is 6.92 Å². The van der Waals surface area contributed by atoms with Gasteiger partial charge < -0.3 is 20.1 Å². The number of aromatic nitrogens is 1. The fraction of sp³-hybridized carbons (Fsp3) is 0.583. The maximum atomic E-state index is 11.9. The third-order valence-corrected chi connectivity index (χ3v) is 2.74. The smallest absolute Gasteiger partial charge is 0.268 e. The Labute approximate surface area is 111 Å². The summed E-state index contributed by atoms with van der Waals surface area (Å²) < 4.78 is 1.77. The molecule has 0 aromatic carbocycles. The van der Waals surface area contributed by atoms with Crippen LogP contribution >= 0.6 is 11.6 Å². The molecule has 18 heavy (non-hydrogen) atoms. The molecule has 0 aliphatic rings. The highest BCUT2D eigenvalue weighted by Gasteiger charge is 2.21. The largest absolute Gasteiger partial charge is 0.393 e. The van der Waals surface area contributed by atoms with Crippen molar-refractivity contribution >= 4 is 17.5 Å². The average Bonchev–Trinajstić information content (AvgIpc) is 2.68. The van der Waals surface area contributed by atoms with Gasteiger partial charge in [0.05, 0.1) is 11.6 Å². The Morgan fingerprint density at radius 3 is 2.83 bits per heavy atom. The summed E-state index contributed by atoms with van der Waals surface area (Å²) in [4.78, 5) is 11.9. The standard InChI is InChI=1S/C12H19ClN2O3/c1-3-4-15-6-9(13)5-10(15)11(17)14-7-12(2,18)8-16/h5-6,16,18H,3-4,7-8H2,1-2H3,(H,14,17). The molecule has 102 valence electrons. The van der Waals surface area contributed by atoms with Crippen LogP contribution in [0.15, 0.2) is 12.3 Å². The summed E-state index contributed by atoms with van der Waals surface area (Å²) in [6.07, 6.45) is 2.59. The van der Waals surface area contributed by atoms with E-state index in [1.54, 1.807) is 16.8 Å². The molecule has 1 heterocycles. The van der Waals surface area contributed by atoms with Crippen molar-refractivity contribution in [1.29, 1.82) is 0 Å². The van der Waals surface area contributed by atoms with Gasteiger partial charge in [-0.15, -0.1) is 0 Å². The van der Waals surface area contributed by atoms with E-state index in [0.717, 1.165) is 6.42 Å². The lowest BCUT2D eigenvalue weighted by molar-refractivity contribution is 0.00313. The summed E-state index contributed by atoms with van der Waals surface area (Å²) in [7, 11) is 0. The Morgan fingerprint density at radius 2 is 2.28 bits per heavy atom. The number of halogens is 1. The van der Waals surface area contributed by atoms with Crippen LogP contribution in [0.2, 0.25) is 5.02 Å². The van der Waals surface area contributed by atoms with Gasteiger partial charge in [0.15, 0.2) is 0 Å². The predicted octanol–water partition coefficient (Wildman–Crippen LogP) is 1.02. The lowest BCUT2D eigenvalue weighted by atomic mass is 10.1. The SMILES string of the molecule is CCCn1cc(Cl)cc1C(=O)NCC(C)(O)CO. The predicted molar refractivity (Wildman–Crippen MR) is 69.8 cm³/mol. The van der Waals surface area contributed by atoms with Gasteiger partial charge in [0.2, 0.25) is 0 Å². The molecule has 6 heteroatoms. The second kappa shape index (κ2) is 6.22. The zero-order chi connectivity index (χ0) is 13.8. The molecule has 0 saturated carbocycles. The Hall–Kier alpha value is -1.04. The third-order valence-electron chi connectivity index (χ3n) is 2.53. The van der Waals surface area contributed by atoms with Crippen molar-refractivity contribution in [3.63, 3.8) is 0 Å².